The number of carbonyl (C=O) groups is 2. The molecule has 0 aliphatic heterocycles. The van der Waals surface area contributed by atoms with Crippen LogP contribution in [-0.4, -0.2) is 85.4 Å². The van der Waals surface area contributed by atoms with Gasteiger partial charge in [0.15, 0.2) is 0 Å². The Kier molecular flexibility index (Phi) is 39.9. The van der Waals surface area contributed by atoms with Crippen LogP contribution in [0.25, 0.3) is 0 Å². The van der Waals surface area contributed by atoms with Gasteiger partial charge in [0.25, 0.3) is 0 Å². The van der Waals surface area contributed by atoms with E-state index in [-0.39, 0.29) is 18.5 Å². The lowest BCUT2D eigenvalue weighted by atomic mass is 9.91. The van der Waals surface area contributed by atoms with Crippen molar-refractivity contribution in [1.29, 1.82) is 0 Å². The molecule has 1 rings (SSSR count). The number of esters is 2. The molecule has 0 heterocycles. The van der Waals surface area contributed by atoms with E-state index in [0.29, 0.717) is 50.5 Å². The third-order valence-corrected chi connectivity index (χ3v) is 13.2. The normalized spacial score (nSPS) is 14.2. The molecule has 0 aromatic heterocycles. The van der Waals surface area contributed by atoms with Gasteiger partial charge in [-0.3, -0.25) is 14.5 Å². The first-order valence-corrected chi connectivity index (χ1v) is 26.4. The number of aliphatic hydroxyl groups excluding tert-OH is 1. The van der Waals surface area contributed by atoms with Gasteiger partial charge >= 0.3 is 11.9 Å². The summed E-state index contributed by atoms with van der Waals surface area (Å²) in [4.78, 5) is 30.9. The van der Waals surface area contributed by atoms with Crippen molar-refractivity contribution in [3.05, 3.63) is 0 Å². The predicted molar refractivity (Wildman–Crippen MR) is 252 cm³/mol. The number of hydrogen-bond acceptors (Lipinski definition) is 7. The van der Waals surface area contributed by atoms with Gasteiger partial charge in [-0.05, 0) is 76.3 Å². The average Bonchev–Trinajstić information content (AvgIpc) is 3.21. The van der Waals surface area contributed by atoms with Crippen molar-refractivity contribution >= 4 is 11.9 Å². The first kappa shape index (κ1) is 55.8. The van der Waals surface area contributed by atoms with E-state index in [4.69, 9.17) is 9.47 Å². The van der Waals surface area contributed by atoms with Crippen molar-refractivity contribution in [2.75, 3.05) is 52.5 Å². The third-order valence-electron chi connectivity index (χ3n) is 13.2. The van der Waals surface area contributed by atoms with Crippen molar-refractivity contribution in [3.63, 3.8) is 0 Å². The molecule has 1 saturated carbocycles. The molecule has 350 valence electrons. The van der Waals surface area contributed by atoms with Gasteiger partial charge < -0.3 is 19.5 Å². The highest BCUT2D eigenvalue weighted by molar-refractivity contribution is 5.69. The van der Waals surface area contributed by atoms with Crippen LogP contribution in [0.4, 0.5) is 0 Å². The lowest BCUT2D eigenvalue weighted by Crippen LogP contribution is -2.46. The van der Waals surface area contributed by atoms with E-state index in [1.54, 1.807) is 0 Å². The zero-order valence-corrected chi connectivity index (χ0v) is 40.1. The summed E-state index contributed by atoms with van der Waals surface area (Å²) in [6.45, 7) is 14.6. The largest absolute Gasteiger partial charge is 0.465 e. The first-order chi connectivity index (χ1) is 29.0. The van der Waals surface area contributed by atoms with Gasteiger partial charge in [-0.2, -0.15) is 0 Å². The molecule has 0 aromatic carbocycles. The Morgan fingerprint density at radius 2 is 0.831 bits per heavy atom. The topological polar surface area (TPSA) is 79.3 Å². The number of rotatable bonds is 46. The maximum Gasteiger partial charge on any atom is 0.305 e. The van der Waals surface area contributed by atoms with Crippen LogP contribution >= 0.6 is 0 Å². The third kappa shape index (κ3) is 34.0. The molecule has 2 unspecified atom stereocenters. The molecule has 7 nitrogen and oxygen atoms in total. The van der Waals surface area contributed by atoms with Gasteiger partial charge in [-0.25, -0.2) is 0 Å². The smallest absolute Gasteiger partial charge is 0.305 e. The van der Waals surface area contributed by atoms with Gasteiger partial charge in [0, 0.05) is 38.5 Å². The fraction of sp³-hybridized carbons (Fsp3) is 0.962. The second-order valence-corrected chi connectivity index (χ2v) is 18.7. The van der Waals surface area contributed by atoms with Crippen LogP contribution < -0.4 is 0 Å². The number of carbonyl (C=O) groups excluding carboxylic acids is 2. The van der Waals surface area contributed by atoms with Crippen LogP contribution in [0.1, 0.15) is 252 Å². The maximum absolute atomic E-state index is 13.0. The number of nitrogens with zero attached hydrogens (tertiary/aromatic N) is 2. The molecule has 1 aliphatic rings. The summed E-state index contributed by atoms with van der Waals surface area (Å²) in [6.07, 6.45) is 42.3. The molecule has 1 aliphatic carbocycles. The summed E-state index contributed by atoms with van der Waals surface area (Å²) in [5.74, 6) is 0.849. The highest BCUT2D eigenvalue weighted by Gasteiger charge is 2.25. The van der Waals surface area contributed by atoms with Gasteiger partial charge in [0.05, 0.1) is 19.8 Å². The molecule has 0 radical (unpaired) electrons. The average molecular weight is 835 g/mol. The molecule has 2 atom stereocenters. The Bertz CT molecular complexity index is 856. The summed E-state index contributed by atoms with van der Waals surface area (Å²) in [6, 6.07) is 0.579. The molecule has 0 spiro atoms. The lowest BCUT2D eigenvalue weighted by molar-refractivity contribution is -0.146. The fourth-order valence-corrected chi connectivity index (χ4v) is 8.90. The van der Waals surface area contributed by atoms with Crippen LogP contribution in [0, 0.1) is 11.8 Å². The second kappa shape index (κ2) is 42.1. The van der Waals surface area contributed by atoms with E-state index < -0.39 is 0 Å². The van der Waals surface area contributed by atoms with E-state index in [1.807, 2.05) is 0 Å². The van der Waals surface area contributed by atoms with Crippen molar-refractivity contribution in [2.24, 2.45) is 11.8 Å². The molecule has 0 saturated heterocycles. The summed E-state index contributed by atoms with van der Waals surface area (Å²) in [7, 11) is 0. The van der Waals surface area contributed by atoms with Crippen molar-refractivity contribution in [1.82, 2.24) is 9.80 Å². The van der Waals surface area contributed by atoms with Crippen LogP contribution in [-0.2, 0) is 19.1 Å². The van der Waals surface area contributed by atoms with Crippen LogP contribution in [0.3, 0.4) is 0 Å². The van der Waals surface area contributed by atoms with Gasteiger partial charge in [0.1, 0.15) is 0 Å². The highest BCUT2D eigenvalue weighted by Crippen LogP contribution is 2.25. The minimum atomic E-state index is -0.0596. The van der Waals surface area contributed by atoms with Crippen LogP contribution in [0.2, 0.25) is 0 Å². The number of unbranched alkanes of at least 4 members (excludes halogenated alkanes) is 20. The zero-order chi connectivity index (χ0) is 42.9. The van der Waals surface area contributed by atoms with Crippen molar-refractivity contribution in [3.8, 4) is 0 Å². The Balaban J connectivity index is 2.59. The van der Waals surface area contributed by atoms with Crippen LogP contribution in [0.15, 0.2) is 0 Å². The zero-order valence-electron chi connectivity index (χ0n) is 40.1. The van der Waals surface area contributed by atoms with Crippen molar-refractivity contribution in [2.45, 2.75) is 258 Å². The maximum atomic E-state index is 13.0. The predicted octanol–water partition coefficient (Wildman–Crippen LogP) is 14.0. The molecule has 1 N–H and O–H groups in total. The quantitative estimate of drug-likeness (QED) is 0.0483. The second-order valence-electron chi connectivity index (χ2n) is 18.7. The molecule has 0 bridgehead atoms. The number of aliphatic hydroxyl groups is 1. The molecule has 1 fully saturated rings. The molecule has 0 amide bonds. The van der Waals surface area contributed by atoms with E-state index in [2.05, 4.69) is 37.5 Å². The van der Waals surface area contributed by atoms with E-state index >= 15 is 0 Å². The minimum absolute atomic E-state index is 0.0596. The molecule has 7 heteroatoms. The first-order valence-electron chi connectivity index (χ1n) is 26.4. The summed E-state index contributed by atoms with van der Waals surface area (Å²) >= 11 is 0. The number of hydrogen-bond donors (Lipinski definition) is 1. The molecule has 59 heavy (non-hydrogen) atoms. The molecular formula is C52H102N2O5. The fourth-order valence-electron chi connectivity index (χ4n) is 8.90. The molecule has 0 aromatic rings. The van der Waals surface area contributed by atoms with Crippen molar-refractivity contribution < 1.29 is 24.2 Å². The summed E-state index contributed by atoms with van der Waals surface area (Å²) in [5.41, 5.74) is 0. The minimum Gasteiger partial charge on any atom is -0.465 e. The Labute approximate surface area is 367 Å². The summed E-state index contributed by atoms with van der Waals surface area (Å²) in [5, 5.41) is 9.76. The number of ether oxygens (including phenoxy) is 2. The van der Waals surface area contributed by atoms with Gasteiger partial charge in [-0.15, -0.1) is 0 Å². The Morgan fingerprint density at radius 3 is 1.17 bits per heavy atom. The lowest BCUT2D eigenvalue weighted by Gasteiger charge is -2.38. The molecular weight excluding hydrogens is 733 g/mol. The Hall–Kier alpha value is -1.18. The van der Waals surface area contributed by atoms with E-state index in [9.17, 15) is 14.7 Å². The van der Waals surface area contributed by atoms with Crippen LogP contribution in [0.5, 0.6) is 0 Å². The summed E-state index contributed by atoms with van der Waals surface area (Å²) < 4.78 is 11.9. The standard InChI is InChI=1S/C52H102N2O5/c1-5-9-13-17-19-21-23-27-34-48(32-25-15-11-7-3)46-58-51(56)38-30-40-53(42-43-54(44-45-55)50-36-29-37-50)41-31-39-52(57)59-47-49(33-26-16-12-8-4)35-28-24-22-20-18-14-10-6-2/h48-50,55H,5-47H2,1-4H3. The Morgan fingerprint density at radius 1 is 0.475 bits per heavy atom. The van der Waals surface area contributed by atoms with E-state index in [0.717, 1.165) is 39.0 Å². The van der Waals surface area contributed by atoms with Gasteiger partial charge in [-0.1, -0.05) is 188 Å². The highest BCUT2D eigenvalue weighted by atomic mass is 16.5. The monoisotopic (exact) mass is 835 g/mol. The van der Waals surface area contributed by atoms with Gasteiger partial charge in [0.2, 0.25) is 0 Å². The SMILES string of the molecule is CCCCCCCCCCC(CCCCCC)COC(=O)CCCN(CCCC(=O)OCC(CCCCCC)CCCCCCCCCC)CCN(CCO)C1CCC1. The van der Waals surface area contributed by atoms with E-state index in [1.165, 1.54) is 199 Å².